The van der Waals surface area contributed by atoms with Gasteiger partial charge in [-0.15, -0.1) is 0 Å². The van der Waals surface area contributed by atoms with Crippen molar-refractivity contribution in [2.75, 3.05) is 4.90 Å². The molecule has 2 aromatic heterocycles. The number of anilines is 3. The van der Waals surface area contributed by atoms with Crippen LogP contribution in [0.15, 0.2) is 212 Å². The summed E-state index contributed by atoms with van der Waals surface area (Å²) < 4.78 is 0. The van der Waals surface area contributed by atoms with E-state index in [1.165, 1.54) is 43.4 Å². The van der Waals surface area contributed by atoms with Crippen molar-refractivity contribution in [2.45, 2.75) is 0 Å². The average molecular weight is 726 g/mol. The smallest absolute Gasteiger partial charge is 0.0709 e. The van der Waals surface area contributed by atoms with E-state index in [0.717, 1.165) is 61.4 Å². The van der Waals surface area contributed by atoms with Gasteiger partial charge in [-0.1, -0.05) is 140 Å². The van der Waals surface area contributed by atoms with Gasteiger partial charge in [0.1, 0.15) is 0 Å². The molecule has 0 aliphatic heterocycles. The number of benzene rings is 9. The molecule has 3 nitrogen and oxygen atoms in total. The maximum absolute atomic E-state index is 4.97. The first kappa shape index (κ1) is 32.8. The molecule has 57 heavy (non-hydrogen) atoms. The fraction of sp³-hybridized carbons (Fsp3) is 0. The van der Waals surface area contributed by atoms with Crippen LogP contribution < -0.4 is 4.90 Å². The molecule has 0 saturated carbocycles. The molecule has 0 fully saturated rings. The van der Waals surface area contributed by atoms with Crippen molar-refractivity contribution in [3.05, 3.63) is 212 Å². The first-order chi connectivity index (χ1) is 28.2. The molecule has 2 heterocycles. The molecule has 0 aliphatic rings. The minimum absolute atomic E-state index is 0.959. The van der Waals surface area contributed by atoms with Crippen LogP contribution in [0.25, 0.3) is 87.8 Å². The van der Waals surface area contributed by atoms with Gasteiger partial charge in [0, 0.05) is 39.0 Å². The van der Waals surface area contributed by atoms with Gasteiger partial charge >= 0.3 is 0 Å². The van der Waals surface area contributed by atoms with Gasteiger partial charge in [0.15, 0.2) is 0 Å². The lowest BCUT2D eigenvalue weighted by molar-refractivity contribution is 1.28. The van der Waals surface area contributed by atoms with Gasteiger partial charge < -0.3 is 4.90 Å². The van der Waals surface area contributed by atoms with E-state index in [2.05, 4.69) is 205 Å². The van der Waals surface area contributed by atoms with E-state index in [0.29, 0.717) is 0 Å². The Morgan fingerprint density at radius 2 is 0.667 bits per heavy atom. The summed E-state index contributed by atoms with van der Waals surface area (Å²) in [5, 5.41) is 9.69. The van der Waals surface area contributed by atoms with Crippen LogP contribution in [0.2, 0.25) is 0 Å². The van der Waals surface area contributed by atoms with Gasteiger partial charge in [0.05, 0.1) is 22.4 Å². The maximum atomic E-state index is 4.97. The monoisotopic (exact) mass is 725 g/mol. The third-order valence-corrected chi connectivity index (χ3v) is 11.2. The largest absolute Gasteiger partial charge is 0.310 e. The second-order valence-electron chi connectivity index (χ2n) is 14.7. The second kappa shape index (κ2) is 13.6. The summed E-state index contributed by atoms with van der Waals surface area (Å²) in [4.78, 5) is 12.3. The predicted octanol–water partition coefficient (Wildman–Crippen LogP) is 14.7. The standard InChI is InChI=1S/C54H35N3/c1-2-10-41-33-42(14-13-36(41)7-1)43-21-29-49-44(34-43)15-16-45-35-48(28-30-50(45)49)57(46-24-17-39(18-25-46)53-31-22-37-8-3-5-11-51(37)55-53)47-26-19-40(20-27-47)54-32-23-38-9-4-6-12-52(38)56-54/h1-35H. The van der Waals surface area contributed by atoms with Gasteiger partial charge in [0.2, 0.25) is 0 Å². The normalized spacial score (nSPS) is 11.5. The molecule has 0 saturated heterocycles. The predicted molar refractivity (Wildman–Crippen MR) is 241 cm³/mol. The summed E-state index contributed by atoms with van der Waals surface area (Å²) in [5.41, 5.74) is 11.7. The van der Waals surface area contributed by atoms with Crippen LogP contribution in [0.4, 0.5) is 17.1 Å². The van der Waals surface area contributed by atoms with Crippen molar-refractivity contribution in [1.82, 2.24) is 9.97 Å². The average Bonchev–Trinajstić information content (AvgIpc) is 3.29. The molecule has 266 valence electrons. The van der Waals surface area contributed by atoms with Gasteiger partial charge in [-0.3, -0.25) is 0 Å². The molecular weight excluding hydrogens is 691 g/mol. The number of nitrogens with zero attached hydrogens (tertiary/aromatic N) is 3. The number of rotatable bonds is 6. The molecule has 0 atom stereocenters. The van der Waals surface area contributed by atoms with E-state index in [4.69, 9.17) is 9.97 Å². The minimum Gasteiger partial charge on any atom is -0.310 e. The Hall–Kier alpha value is -7.62. The Labute approximate surface area is 330 Å². The number of pyridine rings is 2. The molecule has 11 rings (SSSR count). The number of para-hydroxylation sites is 2. The van der Waals surface area contributed by atoms with Crippen LogP contribution in [0.3, 0.4) is 0 Å². The van der Waals surface area contributed by atoms with Gasteiger partial charge in [-0.05, 0) is 116 Å². The van der Waals surface area contributed by atoms with Gasteiger partial charge in [-0.2, -0.15) is 0 Å². The summed E-state index contributed by atoms with van der Waals surface area (Å²) in [7, 11) is 0. The lowest BCUT2D eigenvalue weighted by Gasteiger charge is -2.26. The summed E-state index contributed by atoms with van der Waals surface area (Å²) in [6, 6.07) is 76.0. The van der Waals surface area contributed by atoms with Crippen LogP contribution in [0, 0.1) is 0 Å². The highest BCUT2D eigenvalue weighted by atomic mass is 15.1. The number of fused-ring (bicyclic) bond motifs is 6. The first-order valence-corrected chi connectivity index (χ1v) is 19.4. The lowest BCUT2D eigenvalue weighted by atomic mass is 9.96. The SMILES string of the molecule is c1ccc2cc(-c3ccc4c(ccc5cc(N(c6ccc(-c7ccc8ccccc8n7)cc6)c6ccc(-c7ccc8ccccc8n7)cc6)ccc54)c3)ccc2c1. The van der Waals surface area contributed by atoms with Crippen molar-refractivity contribution in [1.29, 1.82) is 0 Å². The Morgan fingerprint density at radius 1 is 0.263 bits per heavy atom. The lowest BCUT2D eigenvalue weighted by Crippen LogP contribution is -2.10. The van der Waals surface area contributed by atoms with Gasteiger partial charge in [0.25, 0.3) is 0 Å². The van der Waals surface area contributed by atoms with Crippen LogP contribution >= 0.6 is 0 Å². The fourth-order valence-corrected chi connectivity index (χ4v) is 8.21. The highest BCUT2D eigenvalue weighted by Crippen LogP contribution is 2.40. The van der Waals surface area contributed by atoms with Crippen molar-refractivity contribution < 1.29 is 0 Å². The molecule has 9 aromatic carbocycles. The molecule has 0 amide bonds. The summed E-state index contributed by atoms with van der Waals surface area (Å²) in [6.07, 6.45) is 0. The first-order valence-electron chi connectivity index (χ1n) is 19.4. The quantitative estimate of drug-likeness (QED) is 0.160. The zero-order valence-corrected chi connectivity index (χ0v) is 31.0. The Morgan fingerprint density at radius 3 is 1.26 bits per heavy atom. The number of aromatic nitrogens is 2. The minimum atomic E-state index is 0.959. The molecular formula is C54H35N3. The van der Waals surface area contributed by atoms with E-state index in [-0.39, 0.29) is 0 Å². The highest BCUT2D eigenvalue weighted by molar-refractivity contribution is 6.09. The summed E-state index contributed by atoms with van der Waals surface area (Å²) >= 11 is 0. The van der Waals surface area contributed by atoms with Crippen LogP contribution in [0.1, 0.15) is 0 Å². The summed E-state index contributed by atoms with van der Waals surface area (Å²) in [6.45, 7) is 0. The molecule has 0 bridgehead atoms. The highest BCUT2D eigenvalue weighted by Gasteiger charge is 2.16. The number of hydrogen-bond acceptors (Lipinski definition) is 3. The fourth-order valence-electron chi connectivity index (χ4n) is 8.21. The Kier molecular flexibility index (Phi) is 7.82. The molecule has 0 radical (unpaired) electrons. The van der Waals surface area contributed by atoms with E-state index < -0.39 is 0 Å². The van der Waals surface area contributed by atoms with E-state index in [9.17, 15) is 0 Å². The van der Waals surface area contributed by atoms with Crippen LogP contribution in [0.5, 0.6) is 0 Å². The zero-order valence-electron chi connectivity index (χ0n) is 31.0. The Balaban J connectivity index is 0.981. The molecule has 3 heteroatoms. The van der Waals surface area contributed by atoms with E-state index in [1.54, 1.807) is 0 Å². The number of hydrogen-bond donors (Lipinski definition) is 0. The molecule has 0 N–H and O–H groups in total. The molecule has 11 aromatic rings. The van der Waals surface area contributed by atoms with Crippen molar-refractivity contribution in [2.24, 2.45) is 0 Å². The van der Waals surface area contributed by atoms with Crippen molar-refractivity contribution >= 4 is 71.2 Å². The third kappa shape index (κ3) is 6.03. The molecule has 0 spiro atoms. The van der Waals surface area contributed by atoms with E-state index in [1.807, 2.05) is 12.1 Å². The second-order valence-corrected chi connectivity index (χ2v) is 14.7. The molecule has 0 unspecified atom stereocenters. The Bertz CT molecular complexity index is 3170. The van der Waals surface area contributed by atoms with Crippen LogP contribution in [-0.2, 0) is 0 Å². The summed E-state index contributed by atoms with van der Waals surface area (Å²) in [5.74, 6) is 0. The maximum Gasteiger partial charge on any atom is 0.0709 e. The van der Waals surface area contributed by atoms with Gasteiger partial charge in [-0.25, -0.2) is 9.97 Å². The topological polar surface area (TPSA) is 29.0 Å². The van der Waals surface area contributed by atoms with E-state index >= 15 is 0 Å². The zero-order chi connectivity index (χ0) is 37.7. The van der Waals surface area contributed by atoms with Crippen LogP contribution in [-0.4, -0.2) is 9.97 Å². The van der Waals surface area contributed by atoms with Crippen molar-refractivity contribution in [3.8, 4) is 33.6 Å². The third-order valence-electron chi connectivity index (χ3n) is 11.2. The van der Waals surface area contributed by atoms with Crippen molar-refractivity contribution in [3.63, 3.8) is 0 Å². The molecule has 0 aliphatic carbocycles.